The van der Waals surface area contributed by atoms with Crippen LogP contribution in [0.25, 0.3) is 0 Å². The molecule has 3 N–H and O–H groups in total. The zero-order valence-corrected chi connectivity index (χ0v) is 12.4. The van der Waals surface area contributed by atoms with Crippen molar-refractivity contribution in [1.82, 2.24) is 0 Å². The second-order valence-electron chi connectivity index (χ2n) is 4.72. The molecule has 1 atom stereocenters. The summed E-state index contributed by atoms with van der Waals surface area (Å²) in [4.78, 5) is 13.8. The summed E-state index contributed by atoms with van der Waals surface area (Å²) in [6.45, 7) is 3.74. The van der Waals surface area contributed by atoms with Gasteiger partial charge in [-0.1, -0.05) is 29.5 Å². The van der Waals surface area contributed by atoms with E-state index in [4.69, 9.17) is 5.73 Å². The third-order valence-electron chi connectivity index (χ3n) is 2.79. The number of rotatable bonds is 4. The molecule has 2 rings (SSSR count). The molecule has 0 saturated heterocycles. The van der Waals surface area contributed by atoms with Gasteiger partial charge in [0.2, 0.25) is 5.91 Å². The first-order valence-electron chi connectivity index (χ1n) is 6.45. The Hall–Kier alpha value is -1.78. The van der Waals surface area contributed by atoms with Crippen molar-refractivity contribution in [2.45, 2.75) is 29.7 Å². The number of hydrogen-bond acceptors (Lipinski definition) is 3. The van der Waals surface area contributed by atoms with E-state index in [1.54, 1.807) is 18.7 Å². The van der Waals surface area contributed by atoms with Gasteiger partial charge in [-0.15, -0.1) is 0 Å². The summed E-state index contributed by atoms with van der Waals surface area (Å²) in [5, 5.41) is 2.77. The summed E-state index contributed by atoms with van der Waals surface area (Å²) >= 11 is 1.69. The molecular weight excluding hydrogens is 268 g/mol. The number of nitrogens with two attached hydrogens (primary N) is 1. The van der Waals surface area contributed by atoms with Gasteiger partial charge in [0.25, 0.3) is 0 Å². The SMILES string of the molecule is Cc1ccc(Sc2ccc(NC(=O)[C@H](C)N)cc2)cc1. The van der Waals surface area contributed by atoms with E-state index in [-0.39, 0.29) is 5.91 Å². The van der Waals surface area contributed by atoms with Gasteiger partial charge in [-0.05, 0) is 50.2 Å². The predicted octanol–water partition coefficient (Wildman–Crippen LogP) is 3.43. The Morgan fingerprint density at radius 2 is 1.55 bits per heavy atom. The van der Waals surface area contributed by atoms with Crippen LogP contribution in [0.2, 0.25) is 0 Å². The molecule has 0 saturated carbocycles. The van der Waals surface area contributed by atoms with Crippen LogP contribution in [-0.4, -0.2) is 11.9 Å². The summed E-state index contributed by atoms with van der Waals surface area (Å²) in [5.74, 6) is -0.177. The fourth-order valence-corrected chi connectivity index (χ4v) is 2.42. The summed E-state index contributed by atoms with van der Waals surface area (Å²) in [6, 6.07) is 15.6. The first-order valence-corrected chi connectivity index (χ1v) is 7.27. The number of hydrogen-bond donors (Lipinski definition) is 2. The Morgan fingerprint density at radius 1 is 1.05 bits per heavy atom. The Morgan fingerprint density at radius 3 is 2.05 bits per heavy atom. The molecule has 0 heterocycles. The molecule has 0 aliphatic rings. The fraction of sp³-hybridized carbons (Fsp3) is 0.188. The van der Waals surface area contributed by atoms with Crippen molar-refractivity contribution >= 4 is 23.4 Å². The Bertz CT molecular complexity index is 576. The first kappa shape index (κ1) is 14.6. The van der Waals surface area contributed by atoms with Crippen LogP contribution in [-0.2, 0) is 4.79 Å². The lowest BCUT2D eigenvalue weighted by Crippen LogP contribution is -2.32. The molecule has 0 aliphatic heterocycles. The highest BCUT2D eigenvalue weighted by atomic mass is 32.2. The maximum absolute atomic E-state index is 11.5. The van der Waals surface area contributed by atoms with Crippen LogP contribution in [0.3, 0.4) is 0 Å². The van der Waals surface area contributed by atoms with Gasteiger partial charge >= 0.3 is 0 Å². The van der Waals surface area contributed by atoms with Gasteiger partial charge in [-0.2, -0.15) is 0 Å². The molecule has 20 heavy (non-hydrogen) atoms. The Kier molecular flexibility index (Phi) is 4.82. The largest absolute Gasteiger partial charge is 0.325 e. The molecule has 3 nitrogen and oxygen atoms in total. The Labute approximate surface area is 123 Å². The highest BCUT2D eigenvalue weighted by Crippen LogP contribution is 2.28. The zero-order valence-electron chi connectivity index (χ0n) is 11.6. The van der Waals surface area contributed by atoms with Crippen LogP contribution in [0.5, 0.6) is 0 Å². The molecule has 0 aromatic heterocycles. The van der Waals surface area contributed by atoms with Crippen LogP contribution in [0.1, 0.15) is 12.5 Å². The van der Waals surface area contributed by atoms with Crippen molar-refractivity contribution in [2.24, 2.45) is 5.73 Å². The van der Waals surface area contributed by atoms with Gasteiger partial charge in [0.05, 0.1) is 6.04 Å². The molecular formula is C16H18N2OS. The highest BCUT2D eigenvalue weighted by Gasteiger charge is 2.07. The van der Waals surface area contributed by atoms with Gasteiger partial charge < -0.3 is 11.1 Å². The number of anilines is 1. The van der Waals surface area contributed by atoms with Crippen molar-refractivity contribution in [3.63, 3.8) is 0 Å². The van der Waals surface area contributed by atoms with Crippen molar-refractivity contribution in [1.29, 1.82) is 0 Å². The second-order valence-corrected chi connectivity index (χ2v) is 5.86. The van der Waals surface area contributed by atoms with E-state index in [1.807, 2.05) is 24.3 Å². The second kappa shape index (κ2) is 6.59. The molecule has 0 bridgehead atoms. The molecule has 0 fully saturated rings. The smallest absolute Gasteiger partial charge is 0.240 e. The lowest BCUT2D eigenvalue weighted by atomic mass is 10.2. The molecule has 1 amide bonds. The van der Waals surface area contributed by atoms with Crippen LogP contribution in [0, 0.1) is 6.92 Å². The lowest BCUT2D eigenvalue weighted by molar-refractivity contribution is -0.117. The fourth-order valence-electron chi connectivity index (χ4n) is 1.60. The molecule has 2 aromatic rings. The quantitative estimate of drug-likeness (QED) is 0.905. The van der Waals surface area contributed by atoms with Crippen molar-refractivity contribution in [3.8, 4) is 0 Å². The lowest BCUT2D eigenvalue weighted by Gasteiger charge is -2.08. The van der Waals surface area contributed by atoms with Gasteiger partial charge in [-0.25, -0.2) is 0 Å². The molecule has 0 unspecified atom stereocenters. The minimum Gasteiger partial charge on any atom is -0.325 e. The van der Waals surface area contributed by atoms with Gasteiger partial charge in [-0.3, -0.25) is 4.79 Å². The molecule has 104 valence electrons. The van der Waals surface area contributed by atoms with Crippen molar-refractivity contribution < 1.29 is 4.79 Å². The summed E-state index contributed by atoms with van der Waals surface area (Å²) in [6.07, 6.45) is 0. The molecule has 0 aliphatic carbocycles. The van der Waals surface area contributed by atoms with E-state index >= 15 is 0 Å². The van der Waals surface area contributed by atoms with E-state index in [0.29, 0.717) is 0 Å². The maximum Gasteiger partial charge on any atom is 0.240 e. The minimum absolute atomic E-state index is 0.177. The van der Waals surface area contributed by atoms with Gasteiger partial charge in [0, 0.05) is 15.5 Å². The molecule has 0 radical (unpaired) electrons. The molecule has 2 aromatic carbocycles. The van der Waals surface area contributed by atoms with Gasteiger partial charge in [0.1, 0.15) is 0 Å². The van der Waals surface area contributed by atoms with Crippen molar-refractivity contribution in [3.05, 3.63) is 54.1 Å². The topological polar surface area (TPSA) is 55.1 Å². The summed E-state index contributed by atoms with van der Waals surface area (Å²) in [7, 11) is 0. The number of benzene rings is 2. The van der Waals surface area contributed by atoms with E-state index in [1.165, 1.54) is 10.5 Å². The van der Waals surface area contributed by atoms with Crippen molar-refractivity contribution in [2.75, 3.05) is 5.32 Å². The van der Waals surface area contributed by atoms with Crippen LogP contribution >= 0.6 is 11.8 Å². The monoisotopic (exact) mass is 286 g/mol. The van der Waals surface area contributed by atoms with E-state index < -0.39 is 6.04 Å². The minimum atomic E-state index is -0.503. The van der Waals surface area contributed by atoms with Crippen LogP contribution in [0.4, 0.5) is 5.69 Å². The number of carbonyl (C=O) groups is 1. The number of carbonyl (C=O) groups excluding carboxylic acids is 1. The average molecular weight is 286 g/mol. The van der Waals surface area contributed by atoms with E-state index in [9.17, 15) is 4.79 Å². The van der Waals surface area contributed by atoms with Gasteiger partial charge in [0.15, 0.2) is 0 Å². The third-order valence-corrected chi connectivity index (χ3v) is 3.81. The third kappa shape index (κ3) is 4.11. The molecule has 0 spiro atoms. The predicted molar refractivity (Wildman–Crippen MR) is 84.0 cm³/mol. The summed E-state index contributed by atoms with van der Waals surface area (Å²) < 4.78 is 0. The number of aryl methyl sites for hydroxylation is 1. The highest BCUT2D eigenvalue weighted by molar-refractivity contribution is 7.99. The number of nitrogens with one attached hydrogen (secondary N) is 1. The summed E-state index contributed by atoms with van der Waals surface area (Å²) in [5.41, 5.74) is 7.53. The van der Waals surface area contributed by atoms with E-state index in [0.717, 1.165) is 10.6 Å². The number of amides is 1. The first-order chi connectivity index (χ1) is 9.54. The Balaban J connectivity index is 2.01. The zero-order chi connectivity index (χ0) is 14.5. The van der Waals surface area contributed by atoms with E-state index in [2.05, 4.69) is 36.5 Å². The van der Waals surface area contributed by atoms with Crippen LogP contribution in [0.15, 0.2) is 58.3 Å². The molecule has 4 heteroatoms. The maximum atomic E-state index is 11.5. The standard InChI is InChI=1S/C16H18N2OS/c1-11-3-7-14(8-4-11)20-15-9-5-13(6-10-15)18-16(19)12(2)17/h3-10,12H,17H2,1-2H3,(H,18,19)/t12-/m0/s1. The average Bonchev–Trinajstić information content (AvgIpc) is 2.43. The van der Waals surface area contributed by atoms with Crippen LogP contribution < -0.4 is 11.1 Å². The normalized spacial score (nSPS) is 11.9.